The molecule has 1 aromatic carbocycles. The van der Waals surface area contributed by atoms with Crippen LogP contribution in [0, 0.1) is 0 Å². The number of aryl methyl sites for hydroxylation is 1. The number of ketones is 1. The van der Waals surface area contributed by atoms with Crippen molar-refractivity contribution in [3.05, 3.63) is 72.1 Å². The van der Waals surface area contributed by atoms with Gasteiger partial charge in [-0.2, -0.15) is 5.10 Å². The van der Waals surface area contributed by atoms with Crippen molar-refractivity contribution in [3.8, 4) is 11.4 Å². The van der Waals surface area contributed by atoms with Crippen LogP contribution in [0.1, 0.15) is 22.8 Å². The van der Waals surface area contributed by atoms with Crippen LogP contribution in [0.5, 0.6) is 0 Å². The summed E-state index contributed by atoms with van der Waals surface area (Å²) >= 11 is 0. The number of nitrogens with one attached hydrogen (secondary N) is 1. The number of hydrogen-bond donors (Lipinski definition) is 2. The molecule has 0 radical (unpaired) electrons. The van der Waals surface area contributed by atoms with E-state index in [1.54, 1.807) is 23.0 Å². The van der Waals surface area contributed by atoms with Crippen molar-refractivity contribution in [2.24, 2.45) is 5.73 Å². The Morgan fingerprint density at radius 1 is 1.10 bits per heavy atom. The highest BCUT2D eigenvalue weighted by atomic mass is 16.2. The molecule has 0 saturated heterocycles. The minimum Gasteiger partial charge on any atom is -0.363 e. The first-order valence-corrected chi connectivity index (χ1v) is 9.17. The molecule has 148 valence electrons. The van der Waals surface area contributed by atoms with Gasteiger partial charge in [-0.1, -0.05) is 36.4 Å². The Hall–Kier alpha value is -3.81. The van der Waals surface area contributed by atoms with Crippen molar-refractivity contribution < 1.29 is 14.4 Å². The van der Waals surface area contributed by atoms with E-state index in [2.05, 4.69) is 15.4 Å². The molecule has 0 bridgehead atoms. The van der Waals surface area contributed by atoms with E-state index in [0.717, 1.165) is 5.56 Å². The Balaban J connectivity index is 1.91. The van der Waals surface area contributed by atoms with E-state index >= 15 is 0 Å². The van der Waals surface area contributed by atoms with Crippen molar-refractivity contribution in [1.29, 1.82) is 0 Å². The molecular formula is C21H21N5O3. The van der Waals surface area contributed by atoms with E-state index in [1.807, 2.05) is 43.3 Å². The van der Waals surface area contributed by atoms with Gasteiger partial charge in [0.25, 0.3) is 11.8 Å². The number of benzene rings is 1. The first-order valence-electron chi connectivity index (χ1n) is 9.17. The van der Waals surface area contributed by atoms with Gasteiger partial charge >= 0.3 is 0 Å². The molecule has 3 aromatic rings. The second-order valence-corrected chi connectivity index (χ2v) is 6.38. The quantitative estimate of drug-likeness (QED) is 0.562. The summed E-state index contributed by atoms with van der Waals surface area (Å²) in [6, 6.07) is 13.4. The van der Waals surface area contributed by atoms with Crippen molar-refractivity contribution >= 4 is 17.6 Å². The second kappa shape index (κ2) is 8.92. The number of primary amides is 1. The van der Waals surface area contributed by atoms with Crippen LogP contribution in [0.25, 0.3) is 11.4 Å². The van der Waals surface area contributed by atoms with Crippen LogP contribution in [0.15, 0.2) is 60.9 Å². The van der Waals surface area contributed by atoms with E-state index in [1.165, 1.54) is 6.20 Å². The summed E-state index contributed by atoms with van der Waals surface area (Å²) in [5.41, 5.74) is 7.36. The zero-order valence-corrected chi connectivity index (χ0v) is 15.9. The Labute approximate surface area is 167 Å². The van der Waals surface area contributed by atoms with Crippen LogP contribution in [0.4, 0.5) is 0 Å². The molecule has 0 spiro atoms. The lowest BCUT2D eigenvalue weighted by molar-refractivity contribution is -0.137. The SMILES string of the molecule is CCn1ncc(C(=O)NC(Cc2ccccc2)C(=O)C(N)=O)c1-c1ccccn1. The van der Waals surface area contributed by atoms with Crippen LogP contribution in [-0.4, -0.2) is 38.4 Å². The molecule has 0 saturated carbocycles. The number of carbonyl (C=O) groups excluding carboxylic acids is 3. The maximum Gasteiger partial charge on any atom is 0.287 e. The van der Waals surface area contributed by atoms with Crippen molar-refractivity contribution in [2.45, 2.75) is 25.9 Å². The summed E-state index contributed by atoms with van der Waals surface area (Å²) in [4.78, 5) is 41.1. The number of carbonyl (C=O) groups is 3. The fourth-order valence-electron chi connectivity index (χ4n) is 3.03. The molecule has 8 nitrogen and oxygen atoms in total. The van der Waals surface area contributed by atoms with Crippen LogP contribution in [-0.2, 0) is 22.6 Å². The van der Waals surface area contributed by atoms with Gasteiger partial charge in [-0.05, 0) is 24.6 Å². The number of aromatic nitrogens is 3. The van der Waals surface area contributed by atoms with Crippen molar-refractivity contribution in [1.82, 2.24) is 20.1 Å². The third-order valence-electron chi connectivity index (χ3n) is 4.44. The van der Waals surface area contributed by atoms with E-state index in [0.29, 0.717) is 17.9 Å². The van der Waals surface area contributed by atoms with Gasteiger partial charge in [-0.25, -0.2) is 0 Å². The molecule has 2 aromatic heterocycles. The van der Waals surface area contributed by atoms with E-state index < -0.39 is 23.6 Å². The molecule has 0 aliphatic carbocycles. The number of nitrogens with zero attached hydrogens (tertiary/aromatic N) is 3. The molecule has 2 heterocycles. The third-order valence-corrected chi connectivity index (χ3v) is 4.44. The summed E-state index contributed by atoms with van der Waals surface area (Å²) in [5, 5.41) is 6.88. The average Bonchev–Trinajstić information content (AvgIpc) is 3.18. The highest BCUT2D eigenvalue weighted by molar-refractivity contribution is 6.38. The lowest BCUT2D eigenvalue weighted by atomic mass is 10.0. The fourth-order valence-corrected chi connectivity index (χ4v) is 3.03. The van der Waals surface area contributed by atoms with Gasteiger partial charge in [0.1, 0.15) is 6.04 Å². The minimum atomic E-state index is -1.10. The monoisotopic (exact) mass is 391 g/mol. The Kier molecular flexibility index (Phi) is 6.13. The first kappa shape index (κ1) is 19.9. The van der Waals surface area contributed by atoms with Crippen LogP contribution >= 0.6 is 0 Å². The van der Waals surface area contributed by atoms with Gasteiger partial charge in [0.05, 0.1) is 23.1 Å². The maximum atomic E-state index is 13.0. The number of hydrogen-bond acceptors (Lipinski definition) is 5. The maximum absolute atomic E-state index is 13.0. The lowest BCUT2D eigenvalue weighted by Crippen LogP contribution is -2.47. The molecule has 2 amide bonds. The Bertz CT molecular complexity index is 1020. The van der Waals surface area contributed by atoms with Gasteiger partial charge in [-0.3, -0.25) is 24.0 Å². The van der Waals surface area contributed by atoms with E-state index in [9.17, 15) is 14.4 Å². The van der Waals surface area contributed by atoms with Crippen LogP contribution in [0.2, 0.25) is 0 Å². The summed E-state index contributed by atoms with van der Waals surface area (Å²) in [7, 11) is 0. The van der Waals surface area contributed by atoms with E-state index in [4.69, 9.17) is 5.73 Å². The third kappa shape index (κ3) is 4.55. The van der Waals surface area contributed by atoms with E-state index in [-0.39, 0.29) is 12.0 Å². The molecule has 0 aliphatic heterocycles. The topological polar surface area (TPSA) is 120 Å². The molecule has 3 rings (SSSR count). The molecule has 3 N–H and O–H groups in total. The number of amides is 2. The summed E-state index contributed by atoms with van der Waals surface area (Å²) in [5.74, 6) is -2.48. The number of Topliss-reactive ketones (excluding diaryl/α,β-unsaturated/α-hetero) is 1. The zero-order chi connectivity index (χ0) is 20.8. The molecular weight excluding hydrogens is 370 g/mol. The number of nitrogens with two attached hydrogens (primary N) is 1. The normalized spacial score (nSPS) is 11.6. The molecule has 29 heavy (non-hydrogen) atoms. The predicted molar refractivity (Wildman–Crippen MR) is 107 cm³/mol. The molecule has 0 fully saturated rings. The Morgan fingerprint density at radius 2 is 1.83 bits per heavy atom. The van der Waals surface area contributed by atoms with Gasteiger partial charge in [-0.15, -0.1) is 0 Å². The Morgan fingerprint density at radius 3 is 2.45 bits per heavy atom. The largest absolute Gasteiger partial charge is 0.363 e. The average molecular weight is 391 g/mol. The zero-order valence-electron chi connectivity index (χ0n) is 15.9. The molecule has 1 unspecified atom stereocenters. The predicted octanol–water partition coefficient (Wildman–Crippen LogP) is 1.36. The molecule has 8 heteroatoms. The second-order valence-electron chi connectivity index (χ2n) is 6.38. The fraction of sp³-hybridized carbons (Fsp3) is 0.190. The van der Waals surface area contributed by atoms with Crippen LogP contribution < -0.4 is 11.1 Å². The summed E-state index contributed by atoms with van der Waals surface area (Å²) < 4.78 is 1.65. The standard InChI is InChI=1S/C21H21N5O3/c1-2-26-18(16-10-6-7-11-23-16)15(13-24-26)21(29)25-17(19(27)20(22)28)12-14-8-4-3-5-9-14/h3-11,13,17H,2,12H2,1H3,(H2,22,28)(H,25,29). The smallest absolute Gasteiger partial charge is 0.287 e. The van der Waals surface area contributed by atoms with Gasteiger partial charge in [0.2, 0.25) is 5.78 Å². The van der Waals surface area contributed by atoms with Gasteiger partial charge in [0, 0.05) is 19.2 Å². The first-order chi connectivity index (χ1) is 14.0. The highest BCUT2D eigenvalue weighted by Gasteiger charge is 2.28. The summed E-state index contributed by atoms with van der Waals surface area (Å²) in [6.07, 6.45) is 3.20. The molecule has 1 atom stereocenters. The van der Waals surface area contributed by atoms with Gasteiger partial charge in [0.15, 0.2) is 0 Å². The van der Waals surface area contributed by atoms with Crippen molar-refractivity contribution in [3.63, 3.8) is 0 Å². The number of rotatable bonds is 8. The summed E-state index contributed by atoms with van der Waals surface area (Å²) in [6.45, 7) is 2.43. The van der Waals surface area contributed by atoms with Crippen molar-refractivity contribution in [2.75, 3.05) is 0 Å². The number of pyridine rings is 1. The highest BCUT2D eigenvalue weighted by Crippen LogP contribution is 2.22. The lowest BCUT2D eigenvalue weighted by Gasteiger charge is -2.16. The molecule has 0 aliphatic rings. The van der Waals surface area contributed by atoms with Crippen LogP contribution in [0.3, 0.4) is 0 Å². The minimum absolute atomic E-state index is 0.148. The van der Waals surface area contributed by atoms with Gasteiger partial charge < -0.3 is 11.1 Å².